The highest BCUT2D eigenvalue weighted by atomic mass is 32.2. The number of hydrogen-bond acceptors (Lipinski definition) is 5. The van der Waals surface area contributed by atoms with E-state index in [0.717, 1.165) is 18.7 Å². The normalized spacial score (nSPS) is 20.2. The third-order valence-corrected chi connectivity index (χ3v) is 6.02. The molecule has 2 fully saturated rings. The maximum Gasteiger partial charge on any atom is 0.260 e. The summed E-state index contributed by atoms with van der Waals surface area (Å²) in [6, 6.07) is -0.0147. The van der Waals surface area contributed by atoms with Crippen molar-refractivity contribution >= 4 is 21.6 Å². The summed E-state index contributed by atoms with van der Waals surface area (Å²) in [5, 5.41) is 4.37. The van der Waals surface area contributed by atoms with Crippen molar-refractivity contribution in [1.82, 2.24) is 24.1 Å². The maximum atomic E-state index is 12.3. The third kappa shape index (κ3) is 2.34. The molecule has 4 rings (SSSR count). The van der Waals surface area contributed by atoms with Crippen LogP contribution in [0.3, 0.4) is 0 Å². The minimum atomic E-state index is -3.51. The van der Waals surface area contributed by atoms with Gasteiger partial charge in [-0.2, -0.15) is 9.40 Å². The Hall–Kier alpha value is -2.20. The Morgan fingerprint density at radius 2 is 2.09 bits per heavy atom. The highest BCUT2D eigenvalue weighted by Gasteiger charge is 2.39. The second-order valence-electron chi connectivity index (χ2n) is 5.72. The number of carbonyl (C=O) groups is 1. The lowest BCUT2D eigenvalue weighted by Crippen LogP contribution is -2.50. The molecular formula is C13H16N6O3S. The topological polar surface area (TPSA) is 104 Å². The number of aromatic nitrogens is 4. The van der Waals surface area contributed by atoms with E-state index < -0.39 is 10.0 Å². The number of nitrogens with one attached hydrogen (secondary N) is 1. The zero-order chi connectivity index (χ0) is 16.0. The van der Waals surface area contributed by atoms with Crippen LogP contribution in [0.15, 0.2) is 29.9 Å². The molecule has 4 heterocycles. The Kier molecular flexibility index (Phi) is 3.23. The van der Waals surface area contributed by atoms with E-state index in [1.54, 1.807) is 15.8 Å². The molecule has 0 aromatic carbocycles. The van der Waals surface area contributed by atoms with Crippen molar-refractivity contribution in [3.63, 3.8) is 0 Å². The average molecular weight is 336 g/mol. The number of imidazole rings is 1. The van der Waals surface area contributed by atoms with Crippen LogP contribution >= 0.6 is 0 Å². The summed E-state index contributed by atoms with van der Waals surface area (Å²) < 4.78 is 27.7. The molecule has 23 heavy (non-hydrogen) atoms. The van der Waals surface area contributed by atoms with E-state index in [1.807, 2.05) is 6.20 Å². The number of amides is 1. The zero-order valence-corrected chi connectivity index (χ0v) is 13.1. The van der Waals surface area contributed by atoms with Crippen molar-refractivity contribution in [2.45, 2.75) is 23.9 Å². The fraction of sp³-hybridized carbons (Fsp3) is 0.462. The van der Waals surface area contributed by atoms with Gasteiger partial charge >= 0.3 is 0 Å². The molecule has 0 unspecified atom stereocenters. The second kappa shape index (κ2) is 5.17. The molecule has 9 nitrogen and oxygen atoms in total. The Bertz CT molecular complexity index is 822. The van der Waals surface area contributed by atoms with Gasteiger partial charge in [0.2, 0.25) is 5.91 Å². The first-order valence-electron chi connectivity index (χ1n) is 7.39. The van der Waals surface area contributed by atoms with E-state index in [4.69, 9.17) is 0 Å². The summed E-state index contributed by atoms with van der Waals surface area (Å²) in [6.45, 7) is 1.43. The fourth-order valence-electron chi connectivity index (χ4n) is 2.89. The smallest absolute Gasteiger partial charge is 0.260 e. The molecule has 2 aliphatic rings. The standard InChI is InChI=1S/C13H16N6O3S/c20-13-2-1-3-18(13)10-4-16-19(8-10)11-6-17(7-11)23(21,22)12-5-14-9-15-12/h4-5,8-9,11H,1-3,6-7H2,(H,14,15). The number of aromatic amines is 1. The maximum absolute atomic E-state index is 12.3. The van der Waals surface area contributed by atoms with Crippen LogP contribution < -0.4 is 4.90 Å². The summed E-state index contributed by atoms with van der Waals surface area (Å²) >= 11 is 0. The van der Waals surface area contributed by atoms with Gasteiger partial charge in [0.15, 0.2) is 5.03 Å². The Balaban J connectivity index is 1.45. The first-order chi connectivity index (χ1) is 11.1. The summed E-state index contributed by atoms with van der Waals surface area (Å²) in [4.78, 5) is 19.8. The van der Waals surface area contributed by atoms with Crippen LogP contribution in [0.25, 0.3) is 0 Å². The van der Waals surface area contributed by atoms with Gasteiger partial charge in [0, 0.05) is 32.3 Å². The molecule has 0 atom stereocenters. The molecule has 0 bridgehead atoms. The highest BCUT2D eigenvalue weighted by molar-refractivity contribution is 7.89. The van der Waals surface area contributed by atoms with E-state index >= 15 is 0 Å². The molecular weight excluding hydrogens is 320 g/mol. The molecule has 0 saturated carbocycles. The summed E-state index contributed by atoms with van der Waals surface area (Å²) in [5.74, 6) is 0.113. The van der Waals surface area contributed by atoms with Gasteiger partial charge in [0.25, 0.3) is 10.0 Å². The molecule has 2 saturated heterocycles. The molecule has 0 aliphatic carbocycles. The summed E-state index contributed by atoms with van der Waals surface area (Å²) in [6.07, 6.45) is 7.56. The van der Waals surface area contributed by atoms with Gasteiger partial charge in [-0.3, -0.25) is 9.48 Å². The Labute approximate surface area is 133 Å². The van der Waals surface area contributed by atoms with Crippen LogP contribution in [0.4, 0.5) is 5.69 Å². The predicted molar refractivity (Wildman–Crippen MR) is 80.2 cm³/mol. The van der Waals surface area contributed by atoms with Crippen LogP contribution in [-0.4, -0.2) is 58.0 Å². The van der Waals surface area contributed by atoms with Gasteiger partial charge in [-0.15, -0.1) is 0 Å². The number of rotatable bonds is 4. The second-order valence-corrected chi connectivity index (χ2v) is 7.63. The molecule has 10 heteroatoms. The molecule has 2 aromatic heterocycles. The van der Waals surface area contributed by atoms with Gasteiger partial charge in [-0.05, 0) is 6.42 Å². The van der Waals surface area contributed by atoms with Gasteiger partial charge in [-0.25, -0.2) is 13.4 Å². The average Bonchev–Trinajstić information content (AvgIpc) is 3.16. The van der Waals surface area contributed by atoms with Crippen molar-refractivity contribution in [2.75, 3.05) is 24.5 Å². The SMILES string of the molecule is O=C1CCCN1c1cnn(C2CN(S(=O)(=O)c3cnc[nH]3)C2)c1. The molecule has 0 spiro atoms. The van der Waals surface area contributed by atoms with Gasteiger partial charge in [0.05, 0.1) is 30.5 Å². The van der Waals surface area contributed by atoms with Crippen LogP contribution in [0, 0.1) is 0 Å². The lowest BCUT2D eigenvalue weighted by atomic mass is 10.2. The Morgan fingerprint density at radius 1 is 1.26 bits per heavy atom. The minimum absolute atomic E-state index is 0.0147. The van der Waals surface area contributed by atoms with Gasteiger partial charge in [-0.1, -0.05) is 0 Å². The number of H-pyrrole nitrogens is 1. The number of anilines is 1. The number of carbonyl (C=O) groups excluding carboxylic acids is 1. The first kappa shape index (κ1) is 14.4. The van der Waals surface area contributed by atoms with E-state index in [0.29, 0.717) is 19.5 Å². The molecule has 1 N–H and O–H groups in total. The monoisotopic (exact) mass is 336 g/mol. The van der Waals surface area contributed by atoms with Crippen molar-refractivity contribution in [1.29, 1.82) is 0 Å². The molecule has 0 radical (unpaired) electrons. The number of nitrogens with zero attached hydrogens (tertiary/aromatic N) is 5. The number of sulfonamides is 1. The quantitative estimate of drug-likeness (QED) is 0.845. The summed E-state index contributed by atoms with van der Waals surface area (Å²) in [7, 11) is -3.51. The van der Waals surface area contributed by atoms with Gasteiger partial charge < -0.3 is 9.88 Å². The van der Waals surface area contributed by atoms with E-state index in [-0.39, 0.29) is 17.0 Å². The summed E-state index contributed by atoms with van der Waals surface area (Å²) in [5.41, 5.74) is 0.780. The van der Waals surface area contributed by atoms with Gasteiger partial charge in [0.1, 0.15) is 0 Å². The van der Waals surface area contributed by atoms with E-state index in [2.05, 4.69) is 15.1 Å². The van der Waals surface area contributed by atoms with Crippen LogP contribution in [0.5, 0.6) is 0 Å². The van der Waals surface area contributed by atoms with Crippen molar-refractivity contribution in [2.24, 2.45) is 0 Å². The number of hydrogen-bond donors (Lipinski definition) is 1. The minimum Gasteiger partial charge on any atom is -0.335 e. The van der Waals surface area contributed by atoms with Crippen LogP contribution in [0.1, 0.15) is 18.9 Å². The molecule has 2 aliphatic heterocycles. The Morgan fingerprint density at radius 3 is 2.74 bits per heavy atom. The predicted octanol–water partition coefficient (Wildman–Crippen LogP) is -0.0214. The van der Waals surface area contributed by atoms with E-state index in [1.165, 1.54) is 16.8 Å². The third-order valence-electron chi connectivity index (χ3n) is 4.27. The van der Waals surface area contributed by atoms with Crippen molar-refractivity contribution < 1.29 is 13.2 Å². The lowest BCUT2D eigenvalue weighted by molar-refractivity contribution is -0.117. The van der Waals surface area contributed by atoms with Crippen LogP contribution in [0.2, 0.25) is 0 Å². The molecule has 2 aromatic rings. The highest BCUT2D eigenvalue weighted by Crippen LogP contribution is 2.29. The van der Waals surface area contributed by atoms with E-state index in [9.17, 15) is 13.2 Å². The largest absolute Gasteiger partial charge is 0.335 e. The van der Waals surface area contributed by atoms with Crippen molar-refractivity contribution in [3.05, 3.63) is 24.9 Å². The first-order valence-corrected chi connectivity index (χ1v) is 8.83. The molecule has 1 amide bonds. The molecule has 122 valence electrons. The fourth-order valence-corrected chi connectivity index (χ4v) is 4.30. The lowest BCUT2D eigenvalue weighted by Gasteiger charge is -2.37. The zero-order valence-electron chi connectivity index (χ0n) is 12.3. The van der Waals surface area contributed by atoms with Crippen molar-refractivity contribution in [3.8, 4) is 0 Å². The van der Waals surface area contributed by atoms with Crippen LogP contribution in [-0.2, 0) is 14.8 Å².